The molecule has 0 unspecified atom stereocenters. The van der Waals surface area contributed by atoms with Gasteiger partial charge in [0.1, 0.15) is 16.4 Å². The standard InChI is InChI=1S/C18H22N2O5S/c1-19-18(21)13-20(12-14-7-5-4-6-8-14)26(22,23)17-11-15(24-2)9-10-16(17)25-3/h4-11H,12-13H2,1-3H3,(H,19,21). The lowest BCUT2D eigenvalue weighted by molar-refractivity contribution is -0.120. The van der Waals surface area contributed by atoms with E-state index >= 15 is 0 Å². The van der Waals surface area contributed by atoms with Crippen molar-refractivity contribution in [1.29, 1.82) is 0 Å². The molecule has 1 N–H and O–H groups in total. The first kappa shape index (κ1) is 19.7. The molecular formula is C18H22N2O5S. The normalized spacial score (nSPS) is 11.2. The molecule has 2 aromatic carbocycles. The van der Waals surface area contributed by atoms with Crippen molar-refractivity contribution in [2.24, 2.45) is 0 Å². The second kappa shape index (κ2) is 8.68. The number of carbonyl (C=O) groups excluding carboxylic acids is 1. The number of amides is 1. The minimum Gasteiger partial charge on any atom is -0.497 e. The molecule has 8 heteroatoms. The topological polar surface area (TPSA) is 84.9 Å². The van der Waals surface area contributed by atoms with Gasteiger partial charge < -0.3 is 14.8 Å². The predicted octanol–water partition coefficient (Wildman–Crippen LogP) is 1.64. The monoisotopic (exact) mass is 378 g/mol. The van der Waals surface area contributed by atoms with E-state index in [1.165, 1.54) is 33.4 Å². The van der Waals surface area contributed by atoms with Crippen LogP contribution in [0.15, 0.2) is 53.4 Å². The molecule has 7 nitrogen and oxygen atoms in total. The van der Waals surface area contributed by atoms with Crippen LogP contribution in [0.25, 0.3) is 0 Å². The molecule has 0 aliphatic rings. The smallest absolute Gasteiger partial charge is 0.247 e. The van der Waals surface area contributed by atoms with Crippen LogP contribution in [0.2, 0.25) is 0 Å². The molecule has 0 fully saturated rings. The summed E-state index contributed by atoms with van der Waals surface area (Å²) in [5.41, 5.74) is 0.766. The fourth-order valence-electron chi connectivity index (χ4n) is 2.38. The molecule has 0 saturated heterocycles. The molecule has 0 aliphatic heterocycles. The van der Waals surface area contributed by atoms with E-state index in [0.717, 1.165) is 9.87 Å². The maximum absolute atomic E-state index is 13.2. The number of benzene rings is 2. The van der Waals surface area contributed by atoms with Gasteiger partial charge >= 0.3 is 0 Å². The van der Waals surface area contributed by atoms with Gasteiger partial charge in [0.2, 0.25) is 15.9 Å². The molecule has 0 atom stereocenters. The van der Waals surface area contributed by atoms with Gasteiger partial charge in [-0.15, -0.1) is 0 Å². The summed E-state index contributed by atoms with van der Waals surface area (Å²) in [6.45, 7) is -0.259. The largest absolute Gasteiger partial charge is 0.497 e. The van der Waals surface area contributed by atoms with Gasteiger partial charge in [0.15, 0.2) is 0 Å². The van der Waals surface area contributed by atoms with Gasteiger partial charge in [-0.25, -0.2) is 8.42 Å². The van der Waals surface area contributed by atoms with Crippen molar-refractivity contribution in [3.63, 3.8) is 0 Å². The van der Waals surface area contributed by atoms with Crippen LogP contribution in [-0.4, -0.2) is 46.4 Å². The van der Waals surface area contributed by atoms with E-state index in [1.54, 1.807) is 18.2 Å². The van der Waals surface area contributed by atoms with Crippen LogP contribution in [0, 0.1) is 0 Å². The van der Waals surface area contributed by atoms with E-state index in [2.05, 4.69) is 5.32 Å². The van der Waals surface area contributed by atoms with Crippen molar-refractivity contribution in [2.75, 3.05) is 27.8 Å². The number of ether oxygens (including phenoxy) is 2. The quantitative estimate of drug-likeness (QED) is 0.755. The van der Waals surface area contributed by atoms with Crippen LogP contribution < -0.4 is 14.8 Å². The summed E-state index contributed by atoms with van der Waals surface area (Å²) in [4.78, 5) is 11.8. The lowest BCUT2D eigenvalue weighted by Gasteiger charge is -2.23. The number of sulfonamides is 1. The Morgan fingerprint density at radius 3 is 2.35 bits per heavy atom. The lowest BCUT2D eigenvalue weighted by atomic mass is 10.2. The van der Waals surface area contributed by atoms with Crippen LogP contribution in [0.3, 0.4) is 0 Å². The number of hydrogen-bond acceptors (Lipinski definition) is 5. The first-order valence-corrected chi connectivity index (χ1v) is 9.33. The van der Waals surface area contributed by atoms with E-state index in [4.69, 9.17) is 9.47 Å². The van der Waals surface area contributed by atoms with E-state index < -0.39 is 15.9 Å². The van der Waals surface area contributed by atoms with Crippen LogP contribution in [0.1, 0.15) is 5.56 Å². The van der Waals surface area contributed by atoms with E-state index in [9.17, 15) is 13.2 Å². The Labute approximate surface area is 153 Å². The van der Waals surface area contributed by atoms with Crippen molar-refractivity contribution in [3.05, 3.63) is 54.1 Å². The third-order valence-corrected chi connectivity index (χ3v) is 5.60. The summed E-state index contributed by atoms with van der Waals surface area (Å²) in [6.07, 6.45) is 0. The molecule has 2 aromatic rings. The van der Waals surface area contributed by atoms with Crippen molar-refractivity contribution in [3.8, 4) is 11.5 Å². The Bertz CT molecular complexity index is 853. The average Bonchev–Trinajstić information content (AvgIpc) is 2.67. The molecule has 0 saturated carbocycles. The summed E-state index contributed by atoms with van der Waals surface area (Å²) >= 11 is 0. The average molecular weight is 378 g/mol. The maximum Gasteiger partial charge on any atom is 0.247 e. The lowest BCUT2D eigenvalue weighted by Crippen LogP contribution is -2.39. The van der Waals surface area contributed by atoms with Gasteiger partial charge in [-0.05, 0) is 17.7 Å². The van der Waals surface area contributed by atoms with Crippen LogP contribution in [0.4, 0.5) is 0 Å². The van der Waals surface area contributed by atoms with Gasteiger partial charge in [-0.1, -0.05) is 30.3 Å². The van der Waals surface area contributed by atoms with Crippen LogP contribution in [0.5, 0.6) is 11.5 Å². The molecule has 1 amide bonds. The second-order valence-corrected chi connectivity index (χ2v) is 7.36. The highest BCUT2D eigenvalue weighted by atomic mass is 32.2. The third-order valence-electron chi connectivity index (χ3n) is 3.79. The molecule has 2 rings (SSSR count). The Hall–Kier alpha value is -2.58. The van der Waals surface area contributed by atoms with Gasteiger partial charge in [-0.2, -0.15) is 4.31 Å². The van der Waals surface area contributed by atoms with E-state index in [-0.39, 0.29) is 23.7 Å². The molecule has 26 heavy (non-hydrogen) atoms. The Morgan fingerprint density at radius 2 is 1.77 bits per heavy atom. The zero-order valence-electron chi connectivity index (χ0n) is 14.9. The van der Waals surface area contributed by atoms with Crippen LogP contribution >= 0.6 is 0 Å². The number of carbonyl (C=O) groups is 1. The minimum absolute atomic E-state index is 0.0525. The number of likely N-dealkylation sites (N-methyl/N-ethyl adjacent to an activating group) is 1. The minimum atomic E-state index is -4.01. The van der Waals surface area contributed by atoms with Crippen molar-refractivity contribution < 1.29 is 22.7 Å². The second-order valence-electron chi connectivity index (χ2n) is 5.45. The number of hydrogen-bond donors (Lipinski definition) is 1. The number of nitrogens with one attached hydrogen (secondary N) is 1. The summed E-state index contributed by atoms with van der Waals surface area (Å²) in [6, 6.07) is 13.6. The molecule has 0 aromatic heterocycles. The van der Waals surface area contributed by atoms with Crippen molar-refractivity contribution in [1.82, 2.24) is 9.62 Å². The molecular weight excluding hydrogens is 356 g/mol. The number of methoxy groups -OCH3 is 2. The summed E-state index contributed by atoms with van der Waals surface area (Å²) in [7, 11) is 0.287. The first-order chi connectivity index (χ1) is 12.4. The highest BCUT2D eigenvalue weighted by Gasteiger charge is 2.30. The highest BCUT2D eigenvalue weighted by molar-refractivity contribution is 7.89. The van der Waals surface area contributed by atoms with E-state index in [1.807, 2.05) is 18.2 Å². The number of nitrogens with zero attached hydrogens (tertiary/aromatic N) is 1. The third kappa shape index (κ3) is 4.53. The van der Waals surface area contributed by atoms with Gasteiger partial charge in [-0.3, -0.25) is 4.79 Å². The predicted molar refractivity (Wildman–Crippen MR) is 97.7 cm³/mol. The fraction of sp³-hybridized carbons (Fsp3) is 0.278. The Balaban J connectivity index is 2.49. The zero-order chi connectivity index (χ0) is 19.2. The van der Waals surface area contributed by atoms with Crippen LogP contribution in [-0.2, 0) is 21.4 Å². The van der Waals surface area contributed by atoms with Crippen molar-refractivity contribution >= 4 is 15.9 Å². The molecule has 0 aliphatic carbocycles. The molecule has 140 valence electrons. The Kier molecular flexibility index (Phi) is 6.59. The maximum atomic E-state index is 13.2. The summed E-state index contributed by atoms with van der Waals surface area (Å²) < 4.78 is 37.9. The van der Waals surface area contributed by atoms with Gasteiger partial charge in [0.25, 0.3) is 0 Å². The van der Waals surface area contributed by atoms with Crippen molar-refractivity contribution in [2.45, 2.75) is 11.4 Å². The fourth-order valence-corrected chi connectivity index (χ4v) is 3.93. The first-order valence-electron chi connectivity index (χ1n) is 7.89. The summed E-state index contributed by atoms with van der Waals surface area (Å²) in [5, 5.41) is 2.45. The molecule has 0 heterocycles. The molecule has 0 radical (unpaired) electrons. The highest BCUT2D eigenvalue weighted by Crippen LogP contribution is 2.31. The van der Waals surface area contributed by atoms with Gasteiger partial charge in [0.05, 0.1) is 20.8 Å². The molecule has 0 bridgehead atoms. The molecule has 0 spiro atoms. The summed E-state index contributed by atoms with van der Waals surface area (Å²) in [5.74, 6) is 0.149. The zero-order valence-corrected chi connectivity index (χ0v) is 15.7. The van der Waals surface area contributed by atoms with E-state index in [0.29, 0.717) is 5.75 Å². The number of rotatable bonds is 8. The Morgan fingerprint density at radius 1 is 1.08 bits per heavy atom. The SMILES string of the molecule is CNC(=O)CN(Cc1ccccc1)S(=O)(=O)c1cc(OC)ccc1OC. The van der Waals surface area contributed by atoms with Gasteiger partial charge in [0, 0.05) is 19.7 Å².